The fraction of sp³-hybridized carbons (Fsp3) is 0.750. The molecule has 1 amide bonds. The van der Waals surface area contributed by atoms with E-state index in [0.717, 1.165) is 6.08 Å². The summed E-state index contributed by atoms with van der Waals surface area (Å²) >= 11 is 0. The molecule has 1 atom stereocenters. The number of carbonyl (C=O) groups excluding carboxylic acids is 1. The van der Waals surface area contributed by atoms with Gasteiger partial charge in [-0.2, -0.15) is 13.2 Å². The zero-order valence-corrected chi connectivity index (χ0v) is 10.6. The molecule has 6 heteroatoms. The second-order valence-electron chi connectivity index (χ2n) is 5.00. The van der Waals surface area contributed by atoms with Crippen molar-refractivity contribution in [2.24, 2.45) is 11.7 Å². The topological polar surface area (TPSA) is 46.3 Å². The lowest BCUT2D eigenvalue weighted by atomic mass is 10.0. The molecule has 18 heavy (non-hydrogen) atoms. The van der Waals surface area contributed by atoms with Crippen LogP contribution < -0.4 is 5.73 Å². The smallest absolute Gasteiger partial charge is 0.337 e. The van der Waals surface area contributed by atoms with Gasteiger partial charge < -0.3 is 10.6 Å². The van der Waals surface area contributed by atoms with Crippen molar-refractivity contribution in [3.8, 4) is 0 Å². The lowest BCUT2D eigenvalue weighted by Crippen LogP contribution is -2.46. The number of halogens is 3. The van der Waals surface area contributed by atoms with Gasteiger partial charge >= 0.3 is 6.18 Å². The molecule has 3 nitrogen and oxygen atoms in total. The molecule has 0 bridgehead atoms. The van der Waals surface area contributed by atoms with Gasteiger partial charge in [0.1, 0.15) is 0 Å². The summed E-state index contributed by atoms with van der Waals surface area (Å²) in [6.45, 7) is 3.99. The van der Waals surface area contributed by atoms with Crippen LogP contribution in [-0.4, -0.2) is 36.1 Å². The third-order valence-electron chi connectivity index (χ3n) is 2.93. The Morgan fingerprint density at radius 2 is 2.11 bits per heavy atom. The second-order valence-corrected chi connectivity index (χ2v) is 5.00. The van der Waals surface area contributed by atoms with E-state index in [2.05, 4.69) is 0 Å². The highest BCUT2D eigenvalue weighted by Gasteiger charge is 2.36. The minimum Gasteiger partial charge on any atom is -0.337 e. The van der Waals surface area contributed by atoms with Gasteiger partial charge in [0.15, 0.2) is 0 Å². The van der Waals surface area contributed by atoms with Crippen LogP contribution in [0.15, 0.2) is 11.6 Å². The maximum absolute atomic E-state index is 12.4. The van der Waals surface area contributed by atoms with Crippen molar-refractivity contribution in [2.75, 3.05) is 13.1 Å². The third kappa shape index (κ3) is 4.01. The Morgan fingerprint density at radius 3 is 2.50 bits per heavy atom. The Hall–Kier alpha value is -1.04. The Kier molecular flexibility index (Phi) is 4.78. The molecule has 0 aliphatic carbocycles. The molecule has 0 unspecified atom stereocenters. The van der Waals surface area contributed by atoms with Crippen LogP contribution in [0.5, 0.6) is 0 Å². The summed E-state index contributed by atoms with van der Waals surface area (Å²) in [6, 6.07) is -0.620. The zero-order valence-electron chi connectivity index (χ0n) is 10.6. The molecule has 0 spiro atoms. The number of nitrogens with two attached hydrogens (primary N) is 1. The molecule has 0 saturated heterocycles. The van der Waals surface area contributed by atoms with E-state index in [-0.39, 0.29) is 31.3 Å². The molecule has 0 saturated carbocycles. The molecular weight excluding hydrogens is 245 g/mol. The van der Waals surface area contributed by atoms with Gasteiger partial charge in [0.25, 0.3) is 0 Å². The van der Waals surface area contributed by atoms with Gasteiger partial charge in [-0.25, -0.2) is 0 Å². The van der Waals surface area contributed by atoms with Gasteiger partial charge in [0.2, 0.25) is 5.91 Å². The number of hydrogen-bond acceptors (Lipinski definition) is 2. The maximum Gasteiger partial charge on any atom is 0.412 e. The molecule has 1 heterocycles. The zero-order chi connectivity index (χ0) is 13.9. The summed E-state index contributed by atoms with van der Waals surface area (Å²) in [7, 11) is 0. The Labute approximate surface area is 105 Å². The van der Waals surface area contributed by atoms with Gasteiger partial charge in [-0.1, -0.05) is 19.9 Å². The second kappa shape index (κ2) is 5.73. The highest BCUT2D eigenvalue weighted by molar-refractivity contribution is 5.82. The third-order valence-corrected chi connectivity index (χ3v) is 2.93. The van der Waals surface area contributed by atoms with E-state index in [1.54, 1.807) is 0 Å². The lowest BCUT2D eigenvalue weighted by Gasteiger charge is -2.29. The highest BCUT2D eigenvalue weighted by atomic mass is 19.4. The van der Waals surface area contributed by atoms with Crippen molar-refractivity contribution in [3.05, 3.63) is 11.6 Å². The standard InChI is InChI=1S/C12H19F3N2O/c1-8(2)7-10(16)11(18)17-5-3-9(4-6-17)12(13,14)15/h3,8,10H,4-7,16H2,1-2H3/t10-/m1/s1. The van der Waals surface area contributed by atoms with Crippen LogP contribution in [0.1, 0.15) is 26.7 Å². The monoisotopic (exact) mass is 264 g/mol. The molecule has 0 fully saturated rings. The Bertz CT molecular complexity index is 337. The van der Waals surface area contributed by atoms with Crippen LogP contribution in [-0.2, 0) is 4.79 Å². The van der Waals surface area contributed by atoms with Crippen molar-refractivity contribution in [1.29, 1.82) is 0 Å². The van der Waals surface area contributed by atoms with Crippen molar-refractivity contribution in [1.82, 2.24) is 4.90 Å². The first kappa shape index (κ1) is 15.0. The number of alkyl halides is 3. The normalized spacial score (nSPS) is 18.8. The minimum atomic E-state index is -4.28. The first-order chi connectivity index (χ1) is 8.21. The predicted octanol–water partition coefficient (Wildman–Crippen LogP) is 2.08. The Balaban J connectivity index is 2.57. The van der Waals surface area contributed by atoms with Gasteiger partial charge in [-0.3, -0.25) is 4.79 Å². The SMILES string of the molecule is CC(C)C[C@@H](N)C(=O)N1CC=C(C(F)(F)F)CC1. The minimum absolute atomic E-state index is 0.000524. The largest absolute Gasteiger partial charge is 0.412 e. The molecule has 1 aliphatic rings. The maximum atomic E-state index is 12.4. The van der Waals surface area contributed by atoms with Gasteiger partial charge in [0.05, 0.1) is 6.04 Å². The average molecular weight is 264 g/mol. The molecule has 1 rings (SSSR count). The summed E-state index contributed by atoms with van der Waals surface area (Å²) in [4.78, 5) is 13.3. The summed E-state index contributed by atoms with van der Waals surface area (Å²) in [5, 5.41) is 0. The van der Waals surface area contributed by atoms with Crippen LogP contribution >= 0.6 is 0 Å². The van der Waals surface area contributed by atoms with E-state index >= 15 is 0 Å². The number of hydrogen-bond donors (Lipinski definition) is 1. The van der Waals surface area contributed by atoms with E-state index in [4.69, 9.17) is 5.73 Å². The summed E-state index contributed by atoms with van der Waals surface area (Å²) in [6.07, 6.45) is -2.81. The fourth-order valence-corrected chi connectivity index (χ4v) is 1.97. The molecule has 0 radical (unpaired) electrons. The van der Waals surface area contributed by atoms with Crippen LogP contribution in [0, 0.1) is 5.92 Å². The van der Waals surface area contributed by atoms with E-state index in [9.17, 15) is 18.0 Å². The predicted molar refractivity (Wildman–Crippen MR) is 62.8 cm³/mol. The van der Waals surface area contributed by atoms with Gasteiger partial charge in [-0.15, -0.1) is 0 Å². The Morgan fingerprint density at radius 1 is 1.50 bits per heavy atom. The lowest BCUT2D eigenvalue weighted by molar-refractivity contribution is -0.133. The summed E-state index contributed by atoms with van der Waals surface area (Å²) < 4.78 is 37.2. The van der Waals surface area contributed by atoms with Crippen LogP contribution in [0.25, 0.3) is 0 Å². The number of carbonyl (C=O) groups is 1. The van der Waals surface area contributed by atoms with Crippen LogP contribution in [0.3, 0.4) is 0 Å². The number of amides is 1. The average Bonchev–Trinajstić information content (AvgIpc) is 2.26. The van der Waals surface area contributed by atoms with Gasteiger partial charge in [-0.05, 0) is 18.8 Å². The van der Waals surface area contributed by atoms with Crippen molar-refractivity contribution in [3.63, 3.8) is 0 Å². The number of rotatable bonds is 3. The van der Waals surface area contributed by atoms with Crippen molar-refractivity contribution in [2.45, 2.75) is 38.9 Å². The van der Waals surface area contributed by atoms with Crippen molar-refractivity contribution < 1.29 is 18.0 Å². The molecule has 104 valence electrons. The van der Waals surface area contributed by atoms with E-state index in [1.807, 2.05) is 13.8 Å². The van der Waals surface area contributed by atoms with E-state index in [1.165, 1.54) is 4.90 Å². The summed E-state index contributed by atoms with van der Waals surface area (Å²) in [5.41, 5.74) is 5.18. The van der Waals surface area contributed by atoms with Crippen LogP contribution in [0.4, 0.5) is 13.2 Å². The molecule has 2 N–H and O–H groups in total. The molecule has 1 aliphatic heterocycles. The molecule has 0 aromatic rings. The first-order valence-corrected chi connectivity index (χ1v) is 6.02. The van der Waals surface area contributed by atoms with Gasteiger partial charge in [0, 0.05) is 18.7 Å². The molecular formula is C12H19F3N2O. The molecule has 0 aromatic heterocycles. The first-order valence-electron chi connectivity index (χ1n) is 6.02. The van der Waals surface area contributed by atoms with Crippen LogP contribution in [0.2, 0.25) is 0 Å². The molecule has 0 aromatic carbocycles. The number of nitrogens with zero attached hydrogens (tertiary/aromatic N) is 1. The summed E-state index contributed by atoms with van der Waals surface area (Å²) in [5.74, 6) is 0.0243. The van der Waals surface area contributed by atoms with E-state index < -0.39 is 17.8 Å². The van der Waals surface area contributed by atoms with E-state index in [0.29, 0.717) is 6.42 Å². The highest BCUT2D eigenvalue weighted by Crippen LogP contribution is 2.30. The van der Waals surface area contributed by atoms with Crippen molar-refractivity contribution >= 4 is 5.91 Å². The quantitative estimate of drug-likeness (QED) is 0.793. The fourth-order valence-electron chi connectivity index (χ4n) is 1.97.